The highest BCUT2D eigenvalue weighted by molar-refractivity contribution is 5.60. The average molecular weight is 277 g/mol. The number of hydrogen-bond acceptors (Lipinski definition) is 2. The predicted molar refractivity (Wildman–Crippen MR) is 73.5 cm³/mol. The molecule has 1 aliphatic rings. The van der Waals surface area contributed by atoms with E-state index in [1.165, 1.54) is 12.1 Å². The van der Waals surface area contributed by atoms with E-state index in [0.29, 0.717) is 17.2 Å². The van der Waals surface area contributed by atoms with E-state index >= 15 is 0 Å². The smallest absolute Gasteiger partial charge is 0.133 e. The molecule has 0 amide bonds. The molecule has 0 spiro atoms. The fourth-order valence-electron chi connectivity index (χ4n) is 2.63. The van der Waals surface area contributed by atoms with Crippen molar-refractivity contribution in [2.75, 3.05) is 13.1 Å². The molecule has 5 heteroatoms. The minimum absolute atomic E-state index is 0.237. The number of nitrogens with one attached hydrogen (secondary N) is 2. The number of benzene rings is 1. The van der Waals surface area contributed by atoms with Crippen LogP contribution < -0.4 is 5.32 Å². The number of rotatable bonds is 2. The van der Waals surface area contributed by atoms with Gasteiger partial charge in [0.05, 0.1) is 11.9 Å². The molecule has 0 aliphatic carbocycles. The van der Waals surface area contributed by atoms with Gasteiger partial charge in [-0.15, -0.1) is 0 Å². The van der Waals surface area contributed by atoms with E-state index < -0.39 is 11.6 Å². The molecule has 2 heterocycles. The standard InChI is InChI=1S/C15H17F2N3/c1-9-6-13(17)11(7-12(9)16)14-8-19-15(20-14)10-2-4-18-5-3-10/h6-8,10,18H,2-5H2,1H3,(H,19,20). The van der Waals surface area contributed by atoms with E-state index in [2.05, 4.69) is 15.3 Å². The molecule has 20 heavy (non-hydrogen) atoms. The minimum Gasteiger partial charge on any atom is -0.342 e. The lowest BCUT2D eigenvalue weighted by molar-refractivity contribution is 0.447. The Morgan fingerprint density at radius 1 is 1.15 bits per heavy atom. The van der Waals surface area contributed by atoms with Crippen LogP contribution in [0.4, 0.5) is 8.78 Å². The molecule has 0 saturated carbocycles. The maximum atomic E-state index is 13.9. The van der Waals surface area contributed by atoms with Crippen molar-refractivity contribution in [1.82, 2.24) is 15.3 Å². The van der Waals surface area contributed by atoms with Gasteiger partial charge in [0.15, 0.2) is 0 Å². The summed E-state index contributed by atoms with van der Waals surface area (Å²) in [6.45, 7) is 3.48. The second-order valence-corrected chi connectivity index (χ2v) is 5.29. The highest BCUT2D eigenvalue weighted by Crippen LogP contribution is 2.28. The molecule has 2 aromatic rings. The molecule has 0 bridgehead atoms. The SMILES string of the molecule is Cc1cc(F)c(-c2cnc(C3CCNCC3)[nH]2)cc1F. The summed E-state index contributed by atoms with van der Waals surface area (Å²) in [7, 11) is 0. The first-order chi connectivity index (χ1) is 9.65. The highest BCUT2D eigenvalue weighted by Gasteiger charge is 2.19. The van der Waals surface area contributed by atoms with Gasteiger partial charge in [-0.05, 0) is 50.6 Å². The average Bonchev–Trinajstić information content (AvgIpc) is 2.93. The molecule has 2 N–H and O–H groups in total. The molecule has 3 nitrogen and oxygen atoms in total. The molecule has 1 aromatic carbocycles. The third-order valence-electron chi connectivity index (χ3n) is 3.86. The number of aromatic amines is 1. The topological polar surface area (TPSA) is 40.7 Å². The molecular formula is C15H17F2N3. The Balaban J connectivity index is 1.91. The fourth-order valence-corrected chi connectivity index (χ4v) is 2.63. The van der Waals surface area contributed by atoms with E-state index in [9.17, 15) is 8.78 Å². The normalized spacial score (nSPS) is 16.6. The summed E-state index contributed by atoms with van der Waals surface area (Å²) in [5, 5.41) is 3.29. The number of nitrogens with zero attached hydrogens (tertiary/aromatic N) is 1. The number of hydrogen-bond donors (Lipinski definition) is 2. The summed E-state index contributed by atoms with van der Waals surface area (Å²) in [5.41, 5.74) is 1.08. The molecule has 1 fully saturated rings. The maximum absolute atomic E-state index is 13.9. The van der Waals surface area contributed by atoms with Gasteiger partial charge in [0, 0.05) is 11.5 Å². The van der Waals surface area contributed by atoms with Gasteiger partial charge >= 0.3 is 0 Å². The lowest BCUT2D eigenvalue weighted by Crippen LogP contribution is -2.27. The number of imidazole rings is 1. The Hall–Kier alpha value is -1.75. The van der Waals surface area contributed by atoms with E-state index in [1.54, 1.807) is 13.1 Å². The van der Waals surface area contributed by atoms with Crippen LogP contribution >= 0.6 is 0 Å². The Labute approximate surface area is 116 Å². The summed E-state index contributed by atoms with van der Waals surface area (Å²) in [6.07, 6.45) is 3.61. The van der Waals surface area contributed by atoms with Crippen molar-refractivity contribution in [3.05, 3.63) is 41.4 Å². The van der Waals surface area contributed by atoms with E-state index in [-0.39, 0.29) is 5.56 Å². The molecule has 106 valence electrons. The lowest BCUT2D eigenvalue weighted by Gasteiger charge is -2.20. The second-order valence-electron chi connectivity index (χ2n) is 5.29. The molecular weight excluding hydrogens is 260 g/mol. The molecule has 3 rings (SSSR count). The number of aryl methyl sites for hydroxylation is 1. The van der Waals surface area contributed by atoms with Crippen LogP contribution in [-0.4, -0.2) is 23.1 Å². The van der Waals surface area contributed by atoms with Crippen LogP contribution in [0.25, 0.3) is 11.3 Å². The maximum Gasteiger partial charge on any atom is 0.133 e. The van der Waals surface area contributed by atoms with Gasteiger partial charge in [-0.1, -0.05) is 0 Å². The number of aromatic nitrogens is 2. The van der Waals surface area contributed by atoms with Gasteiger partial charge in [-0.2, -0.15) is 0 Å². The van der Waals surface area contributed by atoms with Crippen molar-refractivity contribution >= 4 is 0 Å². The van der Waals surface area contributed by atoms with E-state index in [0.717, 1.165) is 31.8 Å². The van der Waals surface area contributed by atoms with E-state index in [4.69, 9.17) is 0 Å². The molecule has 0 atom stereocenters. The zero-order valence-electron chi connectivity index (χ0n) is 11.3. The molecule has 1 aliphatic heterocycles. The number of halogens is 2. The van der Waals surface area contributed by atoms with Gasteiger partial charge in [0.25, 0.3) is 0 Å². The number of piperidine rings is 1. The van der Waals surface area contributed by atoms with Gasteiger partial charge < -0.3 is 10.3 Å². The third-order valence-corrected chi connectivity index (χ3v) is 3.86. The lowest BCUT2D eigenvalue weighted by atomic mass is 9.98. The largest absolute Gasteiger partial charge is 0.342 e. The van der Waals surface area contributed by atoms with Crippen molar-refractivity contribution in [3.63, 3.8) is 0 Å². The van der Waals surface area contributed by atoms with Gasteiger partial charge in [0.2, 0.25) is 0 Å². The van der Waals surface area contributed by atoms with Crippen molar-refractivity contribution in [2.45, 2.75) is 25.7 Å². The van der Waals surface area contributed by atoms with Crippen LogP contribution in [0.15, 0.2) is 18.3 Å². The van der Waals surface area contributed by atoms with Crippen LogP contribution in [0.3, 0.4) is 0 Å². The van der Waals surface area contributed by atoms with Crippen LogP contribution in [0.5, 0.6) is 0 Å². The van der Waals surface area contributed by atoms with Crippen molar-refractivity contribution < 1.29 is 8.78 Å². The van der Waals surface area contributed by atoms with Gasteiger partial charge in [0.1, 0.15) is 17.5 Å². The zero-order chi connectivity index (χ0) is 14.1. The summed E-state index contributed by atoms with van der Waals surface area (Å²) < 4.78 is 27.5. The molecule has 0 unspecified atom stereocenters. The summed E-state index contributed by atoms with van der Waals surface area (Å²) in [4.78, 5) is 7.48. The Morgan fingerprint density at radius 3 is 2.65 bits per heavy atom. The van der Waals surface area contributed by atoms with Crippen LogP contribution in [0.1, 0.15) is 30.1 Å². The third kappa shape index (κ3) is 2.45. The quantitative estimate of drug-likeness (QED) is 0.885. The molecule has 1 aromatic heterocycles. The first kappa shape index (κ1) is 13.2. The van der Waals surface area contributed by atoms with Crippen molar-refractivity contribution in [1.29, 1.82) is 0 Å². The van der Waals surface area contributed by atoms with Crippen LogP contribution in [0, 0.1) is 18.6 Å². The second kappa shape index (κ2) is 5.32. The zero-order valence-corrected chi connectivity index (χ0v) is 11.3. The van der Waals surface area contributed by atoms with Gasteiger partial charge in [-0.3, -0.25) is 0 Å². The summed E-state index contributed by atoms with van der Waals surface area (Å²) in [5.74, 6) is 0.397. The first-order valence-corrected chi connectivity index (χ1v) is 6.87. The van der Waals surface area contributed by atoms with Gasteiger partial charge in [-0.25, -0.2) is 13.8 Å². The predicted octanol–water partition coefficient (Wildman–Crippen LogP) is 3.13. The summed E-state index contributed by atoms with van der Waals surface area (Å²) >= 11 is 0. The monoisotopic (exact) mass is 277 g/mol. The van der Waals surface area contributed by atoms with Crippen LogP contribution in [-0.2, 0) is 0 Å². The molecule has 1 saturated heterocycles. The number of H-pyrrole nitrogens is 1. The van der Waals surface area contributed by atoms with E-state index in [1.807, 2.05) is 0 Å². The molecule has 0 radical (unpaired) electrons. The Kier molecular flexibility index (Phi) is 3.53. The fraction of sp³-hybridized carbons (Fsp3) is 0.400. The van der Waals surface area contributed by atoms with Crippen molar-refractivity contribution in [2.24, 2.45) is 0 Å². The Morgan fingerprint density at radius 2 is 1.90 bits per heavy atom. The highest BCUT2D eigenvalue weighted by atomic mass is 19.1. The minimum atomic E-state index is -0.426. The summed E-state index contributed by atoms with van der Waals surface area (Å²) in [6, 6.07) is 2.44. The first-order valence-electron chi connectivity index (χ1n) is 6.87. The Bertz CT molecular complexity index is 616. The van der Waals surface area contributed by atoms with Crippen molar-refractivity contribution in [3.8, 4) is 11.3 Å². The van der Waals surface area contributed by atoms with Crippen LogP contribution in [0.2, 0.25) is 0 Å².